The molecule has 1 aliphatic heterocycles. The van der Waals surface area contributed by atoms with Crippen molar-refractivity contribution in [1.82, 2.24) is 4.90 Å². The summed E-state index contributed by atoms with van der Waals surface area (Å²) < 4.78 is 39.6. The molecular weight excluding hydrogens is 505 g/mol. The molecule has 0 N–H and O–H groups in total. The standard InChI is InChI=1S/C35H29F3N2/c36-35(37,38)29-17-13-25(14-18-29)20-40-21-30-31(26-7-3-1-4-8-26)33(28-15-11-24(19-39)12-16-28)22-34(30,23-33)32(40)27-9-5-2-6-10-27/h1-18,30-32H,20-23H2/t30-,31?,32-,33?,34?/m1/s1. The summed E-state index contributed by atoms with van der Waals surface area (Å²) in [6.07, 6.45) is -2.23. The fourth-order valence-corrected chi connectivity index (χ4v) is 8.57. The molecule has 40 heavy (non-hydrogen) atoms. The zero-order chi connectivity index (χ0) is 27.5. The Hall–Kier alpha value is -3.88. The van der Waals surface area contributed by atoms with Gasteiger partial charge in [-0.2, -0.15) is 18.4 Å². The zero-order valence-corrected chi connectivity index (χ0v) is 22.0. The Morgan fingerprint density at radius 2 is 1.38 bits per heavy atom. The van der Waals surface area contributed by atoms with E-state index in [4.69, 9.17) is 0 Å². The largest absolute Gasteiger partial charge is 0.416 e. The fourth-order valence-electron chi connectivity index (χ4n) is 8.57. The quantitative estimate of drug-likeness (QED) is 0.258. The maximum atomic E-state index is 13.2. The number of nitrogens with zero attached hydrogens (tertiary/aromatic N) is 2. The average molecular weight is 535 g/mol. The van der Waals surface area contributed by atoms with Gasteiger partial charge in [0.1, 0.15) is 0 Å². The molecule has 1 saturated heterocycles. The van der Waals surface area contributed by atoms with Gasteiger partial charge in [-0.15, -0.1) is 0 Å². The molecule has 2 bridgehead atoms. The van der Waals surface area contributed by atoms with Crippen LogP contribution in [0.15, 0.2) is 109 Å². The summed E-state index contributed by atoms with van der Waals surface area (Å²) in [4.78, 5) is 2.51. The summed E-state index contributed by atoms with van der Waals surface area (Å²) in [6.45, 7) is 1.50. The van der Waals surface area contributed by atoms with Crippen LogP contribution in [0.4, 0.5) is 13.2 Å². The van der Waals surface area contributed by atoms with Crippen LogP contribution in [0.1, 0.15) is 58.2 Å². The van der Waals surface area contributed by atoms with Gasteiger partial charge in [-0.3, -0.25) is 4.90 Å². The topological polar surface area (TPSA) is 27.0 Å². The van der Waals surface area contributed by atoms with Gasteiger partial charge in [-0.1, -0.05) is 84.9 Å². The third kappa shape index (κ3) is 3.73. The van der Waals surface area contributed by atoms with Crippen molar-refractivity contribution in [3.63, 3.8) is 0 Å². The van der Waals surface area contributed by atoms with Gasteiger partial charge in [0, 0.05) is 24.5 Å². The normalized spacial score (nSPS) is 29.0. The van der Waals surface area contributed by atoms with E-state index in [1.54, 1.807) is 12.1 Å². The van der Waals surface area contributed by atoms with E-state index in [0.717, 1.165) is 24.9 Å². The van der Waals surface area contributed by atoms with E-state index in [0.29, 0.717) is 23.9 Å². The lowest BCUT2D eigenvalue weighted by atomic mass is 9.52. The van der Waals surface area contributed by atoms with E-state index >= 15 is 0 Å². The van der Waals surface area contributed by atoms with Crippen molar-refractivity contribution in [2.45, 2.75) is 42.9 Å². The van der Waals surface area contributed by atoms with Crippen molar-refractivity contribution >= 4 is 0 Å². The number of hydrogen-bond acceptors (Lipinski definition) is 2. The Bertz CT molecular complexity index is 1550. The highest BCUT2D eigenvalue weighted by Crippen LogP contribution is 2.82. The third-order valence-corrected chi connectivity index (χ3v) is 9.90. The molecule has 0 amide bonds. The molecule has 1 unspecified atom stereocenters. The number of halogens is 3. The van der Waals surface area contributed by atoms with Crippen LogP contribution in [0.25, 0.3) is 0 Å². The molecule has 4 fully saturated rings. The predicted octanol–water partition coefficient (Wildman–Crippen LogP) is 8.27. The second kappa shape index (κ2) is 9.08. The number of nitriles is 1. The second-order valence-electron chi connectivity index (χ2n) is 11.9. The van der Waals surface area contributed by atoms with Gasteiger partial charge in [0.25, 0.3) is 0 Å². The van der Waals surface area contributed by atoms with Crippen molar-refractivity contribution in [3.8, 4) is 6.07 Å². The molecule has 0 radical (unpaired) electrons. The Balaban J connectivity index is 1.30. The van der Waals surface area contributed by atoms with Crippen molar-refractivity contribution in [2.24, 2.45) is 11.3 Å². The summed E-state index contributed by atoms with van der Waals surface area (Å²) in [6, 6.07) is 37.7. The van der Waals surface area contributed by atoms with Crippen molar-refractivity contribution in [1.29, 1.82) is 5.26 Å². The lowest BCUT2D eigenvalue weighted by molar-refractivity contribution is -0.137. The lowest BCUT2D eigenvalue weighted by Gasteiger charge is -2.53. The first-order chi connectivity index (χ1) is 19.3. The Morgan fingerprint density at radius 3 is 1.95 bits per heavy atom. The number of rotatable bonds is 5. The second-order valence-corrected chi connectivity index (χ2v) is 11.9. The number of alkyl halides is 3. The van der Waals surface area contributed by atoms with Crippen LogP contribution in [0.5, 0.6) is 0 Å². The Morgan fingerprint density at radius 1 is 0.775 bits per heavy atom. The van der Waals surface area contributed by atoms with E-state index in [-0.39, 0.29) is 16.9 Å². The highest BCUT2D eigenvalue weighted by atomic mass is 19.4. The molecule has 8 rings (SSSR count). The molecule has 0 aromatic heterocycles. The van der Waals surface area contributed by atoms with Gasteiger partial charge in [0.15, 0.2) is 0 Å². The average Bonchev–Trinajstić information content (AvgIpc) is 3.52. The first-order valence-corrected chi connectivity index (χ1v) is 13.8. The van der Waals surface area contributed by atoms with E-state index in [9.17, 15) is 18.4 Å². The summed E-state index contributed by atoms with van der Waals surface area (Å²) >= 11 is 0. The highest BCUT2D eigenvalue weighted by molar-refractivity contribution is 5.49. The van der Waals surface area contributed by atoms with Crippen LogP contribution in [0.2, 0.25) is 0 Å². The van der Waals surface area contributed by atoms with Gasteiger partial charge in [0.05, 0.1) is 17.2 Å². The molecule has 3 aliphatic carbocycles. The third-order valence-electron chi connectivity index (χ3n) is 9.90. The predicted molar refractivity (Wildman–Crippen MR) is 148 cm³/mol. The first-order valence-electron chi connectivity index (χ1n) is 13.8. The lowest BCUT2D eigenvalue weighted by Crippen LogP contribution is -2.47. The van der Waals surface area contributed by atoms with Gasteiger partial charge >= 0.3 is 6.18 Å². The van der Waals surface area contributed by atoms with Crippen LogP contribution in [0.3, 0.4) is 0 Å². The molecular formula is C35H29F3N2. The van der Waals surface area contributed by atoms with Gasteiger partial charge < -0.3 is 0 Å². The maximum absolute atomic E-state index is 13.2. The van der Waals surface area contributed by atoms with Crippen molar-refractivity contribution in [2.75, 3.05) is 6.54 Å². The van der Waals surface area contributed by atoms with Crippen LogP contribution in [-0.2, 0) is 18.1 Å². The molecule has 1 heterocycles. The summed E-state index contributed by atoms with van der Waals surface area (Å²) in [5, 5.41) is 9.38. The van der Waals surface area contributed by atoms with Crippen molar-refractivity contribution < 1.29 is 13.2 Å². The molecule has 1 spiro atoms. The molecule has 3 saturated carbocycles. The number of hydrogen-bond donors (Lipinski definition) is 0. The summed E-state index contributed by atoms with van der Waals surface area (Å²) in [5.41, 5.74) is 4.98. The molecule has 4 aliphatic rings. The first kappa shape index (κ1) is 25.1. The smallest absolute Gasteiger partial charge is 0.291 e. The molecule has 200 valence electrons. The van der Waals surface area contributed by atoms with Gasteiger partial charge in [0.2, 0.25) is 0 Å². The van der Waals surface area contributed by atoms with E-state index in [1.165, 1.54) is 28.8 Å². The molecule has 2 nitrogen and oxygen atoms in total. The minimum Gasteiger partial charge on any atom is -0.291 e. The summed E-state index contributed by atoms with van der Waals surface area (Å²) in [5.74, 6) is 0.732. The van der Waals surface area contributed by atoms with Crippen LogP contribution in [0, 0.1) is 22.7 Å². The fraction of sp³-hybridized carbons (Fsp3) is 0.286. The van der Waals surface area contributed by atoms with Crippen LogP contribution >= 0.6 is 0 Å². The molecule has 5 heteroatoms. The highest BCUT2D eigenvalue weighted by Gasteiger charge is 2.77. The monoisotopic (exact) mass is 534 g/mol. The number of benzene rings is 4. The van der Waals surface area contributed by atoms with Crippen LogP contribution in [-0.4, -0.2) is 11.4 Å². The van der Waals surface area contributed by atoms with Crippen molar-refractivity contribution in [3.05, 3.63) is 143 Å². The Kier molecular flexibility index (Phi) is 5.70. The maximum Gasteiger partial charge on any atom is 0.416 e. The molecule has 3 atom stereocenters. The van der Waals surface area contributed by atoms with Crippen LogP contribution < -0.4 is 0 Å². The molecule has 4 aromatic rings. The summed E-state index contributed by atoms with van der Waals surface area (Å²) in [7, 11) is 0. The van der Waals surface area contributed by atoms with E-state index < -0.39 is 11.7 Å². The van der Waals surface area contributed by atoms with Gasteiger partial charge in [-0.25, -0.2) is 0 Å². The minimum absolute atomic E-state index is 0.00742. The zero-order valence-electron chi connectivity index (χ0n) is 22.0. The van der Waals surface area contributed by atoms with E-state index in [2.05, 4.69) is 77.7 Å². The number of likely N-dealkylation sites (tertiary alicyclic amines) is 1. The Labute approximate surface area is 232 Å². The molecule has 4 aromatic carbocycles. The SMILES string of the molecule is N#Cc1ccc(C23CC4(C2)[C@H](CN(Cc2ccc(C(F)(F)F)cc2)[C@@H]4c2ccccc2)C3c2ccccc2)cc1. The minimum atomic E-state index is -4.33. The van der Waals surface area contributed by atoms with E-state index in [1.807, 2.05) is 18.2 Å². The van der Waals surface area contributed by atoms with Gasteiger partial charge in [-0.05, 0) is 76.6 Å².